The molecule has 0 aliphatic heterocycles. The van der Waals surface area contributed by atoms with E-state index < -0.39 is 16.8 Å². The summed E-state index contributed by atoms with van der Waals surface area (Å²) in [4.78, 5) is 25.5. The maximum absolute atomic E-state index is 11.4. The summed E-state index contributed by atoms with van der Waals surface area (Å²) >= 11 is 0. The highest BCUT2D eigenvalue weighted by Crippen LogP contribution is 2.31. The van der Waals surface area contributed by atoms with E-state index in [1.807, 2.05) is 0 Å². The van der Waals surface area contributed by atoms with Gasteiger partial charge in [0.2, 0.25) is 0 Å². The molecule has 0 N–H and O–H groups in total. The number of nitro groups is 1. The predicted molar refractivity (Wildman–Crippen MR) is 73.5 cm³/mol. The molecule has 110 valence electrons. The average Bonchev–Trinajstić information content (AvgIpc) is 2.48. The molecule has 0 radical (unpaired) electrons. The van der Waals surface area contributed by atoms with Crippen molar-refractivity contribution >= 4 is 23.6 Å². The molecule has 1 rings (SSSR count). The van der Waals surface area contributed by atoms with E-state index in [0.29, 0.717) is 0 Å². The van der Waals surface area contributed by atoms with Crippen molar-refractivity contribution in [2.45, 2.75) is 6.92 Å². The van der Waals surface area contributed by atoms with Crippen LogP contribution in [0.25, 0.3) is 0 Å². The summed E-state index contributed by atoms with van der Waals surface area (Å²) in [7, 11) is 1.34. The first-order chi connectivity index (χ1) is 10.0. The number of benzene rings is 1. The third-order valence-electron chi connectivity index (χ3n) is 2.42. The quantitative estimate of drug-likeness (QED) is 0.342. The number of carbonyl (C=O) groups is 1. The van der Waals surface area contributed by atoms with Gasteiger partial charge in [0.05, 0.1) is 30.8 Å². The van der Waals surface area contributed by atoms with Crippen LogP contribution in [0, 0.1) is 27.4 Å². The Bertz CT molecular complexity index is 606. The third kappa shape index (κ3) is 4.28. The van der Waals surface area contributed by atoms with Gasteiger partial charge in [-0.1, -0.05) is 0 Å². The van der Waals surface area contributed by atoms with Crippen LogP contribution in [0.3, 0.4) is 0 Å². The lowest BCUT2D eigenvalue weighted by Gasteiger charge is -2.05. The molecule has 1 aromatic carbocycles. The summed E-state index contributed by atoms with van der Waals surface area (Å²) in [5, 5.41) is 19.5. The largest absolute Gasteiger partial charge is 0.494 e. The SMILES string of the molecule is CCOC(=O)C(C#N)C=Nc1ccc([N+](=O)[O-])cc1OC. The minimum absolute atomic E-state index is 0.145. The Morgan fingerprint density at radius 3 is 2.86 bits per heavy atom. The van der Waals surface area contributed by atoms with Crippen LogP contribution in [0.5, 0.6) is 5.75 Å². The van der Waals surface area contributed by atoms with Gasteiger partial charge >= 0.3 is 5.97 Å². The van der Waals surface area contributed by atoms with Crippen molar-refractivity contribution in [1.29, 1.82) is 5.26 Å². The smallest absolute Gasteiger partial charge is 0.328 e. The Morgan fingerprint density at radius 1 is 1.62 bits per heavy atom. The normalized spacial score (nSPS) is 11.7. The molecular weight excluding hydrogens is 278 g/mol. The van der Waals surface area contributed by atoms with E-state index in [2.05, 4.69) is 4.99 Å². The van der Waals surface area contributed by atoms with E-state index >= 15 is 0 Å². The highest BCUT2D eigenvalue weighted by Gasteiger charge is 2.17. The van der Waals surface area contributed by atoms with E-state index in [9.17, 15) is 14.9 Å². The van der Waals surface area contributed by atoms with Crippen LogP contribution in [-0.4, -0.2) is 30.8 Å². The molecule has 0 aliphatic rings. The van der Waals surface area contributed by atoms with Crippen molar-refractivity contribution in [3.8, 4) is 11.8 Å². The van der Waals surface area contributed by atoms with Crippen LogP contribution in [0.15, 0.2) is 23.2 Å². The third-order valence-corrected chi connectivity index (χ3v) is 2.42. The summed E-state index contributed by atoms with van der Waals surface area (Å²) in [6.07, 6.45) is 1.11. The molecule has 0 spiro atoms. The lowest BCUT2D eigenvalue weighted by atomic mass is 10.2. The fourth-order valence-corrected chi connectivity index (χ4v) is 1.42. The summed E-state index contributed by atoms with van der Waals surface area (Å²) in [6.45, 7) is 1.79. The number of rotatable bonds is 6. The number of esters is 1. The molecule has 21 heavy (non-hydrogen) atoms. The minimum atomic E-state index is -1.15. The van der Waals surface area contributed by atoms with Crippen molar-refractivity contribution in [2.75, 3.05) is 13.7 Å². The summed E-state index contributed by atoms with van der Waals surface area (Å²) in [5.41, 5.74) is 0.126. The first-order valence-electron chi connectivity index (χ1n) is 5.96. The number of hydrogen-bond donors (Lipinski definition) is 0. The van der Waals surface area contributed by atoms with Crippen LogP contribution in [0.2, 0.25) is 0 Å². The Morgan fingerprint density at radius 2 is 2.33 bits per heavy atom. The number of ether oxygens (including phenoxy) is 2. The zero-order valence-electron chi connectivity index (χ0n) is 11.5. The van der Waals surface area contributed by atoms with E-state index in [1.54, 1.807) is 13.0 Å². The zero-order valence-corrected chi connectivity index (χ0v) is 11.5. The Hall–Kier alpha value is -2.95. The van der Waals surface area contributed by atoms with Crippen LogP contribution in [-0.2, 0) is 9.53 Å². The fraction of sp³-hybridized carbons (Fsp3) is 0.308. The van der Waals surface area contributed by atoms with Gasteiger partial charge in [-0.2, -0.15) is 5.26 Å². The molecule has 0 fully saturated rings. The molecule has 0 saturated carbocycles. The average molecular weight is 291 g/mol. The van der Waals surface area contributed by atoms with Crippen molar-refractivity contribution in [3.63, 3.8) is 0 Å². The molecular formula is C13H13N3O5. The Kier molecular flexibility index (Phi) is 5.82. The Labute approximate surface area is 120 Å². The second-order valence-corrected chi connectivity index (χ2v) is 3.75. The number of non-ortho nitro benzene ring substituents is 1. The fourth-order valence-electron chi connectivity index (χ4n) is 1.42. The first-order valence-corrected chi connectivity index (χ1v) is 5.96. The zero-order chi connectivity index (χ0) is 15.8. The molecule has 0 aromatic heterocycles. The standard InChI is InChI=1S/C13H13N3O5/c1-3-21-13(17)9(7-14)8-15-11-5-4-10(16(18)19)6-12(11)20-2/h4-6,8-9H,3H2,1-2H3. The van der Waals surface area contributed by atoms with E-state index in [1.165, 1.54) is 25.3 Å². The van der Waals surface area contributed by atoms with Crippen LogP contribution in [0.1, 0.15) is 6.92 Å². The number of aliphatic imine (C=N–C) groups is 1. The van der Waals surface area contributed by atoms with Crippen molar-refractivity contribution in [3.05, 3.63) is 28.3 Å². The maximum Gasteiger partial charge on any atom is 0.328 e. The number of nitrogens with zero attached hydrogens (tertiary/aromatic N) is 3. The van der Waals surface area contributed by atoms with Crippen LogP contribution < -0.4 is 4.74 Å². The summed E-state index contributed by atoms with van der Waals surface area (Å²) in [5.74, 6) is -1.68. The van der Waals surface area contributed by atoms with Crippen molar-refractivity contribution in [2.24, 2.45) is 10.9 Å². The molecule has 0 saturated heterocycles. The lowest BCUT2D eigenvalue weighted by Crippen LogP contribution is -2.17. The predicted octanol–water partition coefficient (Wildman–Crippen LogP) is 2.01. The van der Waals surface area contributed by atoms with E-state index in [4.69, 9.17) is 14.7 Å². The molecule has 1 aromatic rings. The van der Waals surface area contributed by atoms with Crippen LogP contribution >= 0.6 is 0 Å². The molecule has 1 atom stereocenters. The topological polar surface area (TPSA) is 115 Å². The van der Waals surface area contributed by atoms with Gasteiger partial charge in [-0.05, 0) is 13.0 Å². The van der Waals surface area contributed by atoms with Gasteiger partial charge < -0.3 is 9.47 Å². The van der Waals surface area contributed by atoms with Crippen molar-refractivity contribution < 1.29 is 19.2 Å². The van der Waals surface area contributed by atoms with E-state index in [-0.39, 0.29) is 23.7 Å². The second kappa shape index (κ2) is 7.59. The van der Waals surface area contributed by atoms with Gasteiger partial charge in [0.15, 0.2) is 11.7 Å². The minimum Gasteiger partial charge on any atom is -0.494 e. The van der Waals surface area contributed by atoms with Crippen molar-refractivity contribution in [1.82, 2.24) is 0 Å². The summed E-state index contributed by atoms with van der Waals surface area (Å²) in [6, 6.07) is 5.58. The highest BCUT2D eigenvalue weighted by atomic mass is 16.6. The van der Waals surface area contributed by atoms with Gasteiger partial charge in [0.25, 0.3) is 5.69 Å². The molecule has 8 nitrogen and oxygen atoms in total. The van der Waals surface area contributed by atoms with Gasteiger partial charge in [-0.3, -0.25) is 19.9 Å². The number of carbonyl (C=O) groups excluding carboxylic acids is 1. The van der Waals surface area contributed by atoms with Gasteiger partial charge in [-0.15, -0.1) is 0 Å². The number of hydrogen-bond acceptors (Lipinski definition) is 7. The number of methoxy groups -OCH3 is 1. The van der Waals surface area contributed by atoms with Gasteiger partial charge in [0.1, 0.15) is 5.69 Å². The molecule has 0 heterocycles. The lowest BCUT2D eigenvalue weighted by molar-refractivity contribution is -0.384. The first kappa shape index (κ1) is 16.1. The number of nitriles is 1. The van der Waals surface area contributed by atoms with Crippen LogP contribution in [0.4, 0.5) is 11.4 Å². The number of nitro benzene ring substituents is 1. The highest BCUT2D eigenvalue weighted by molar-refractivity contribution is 5.93. The molecule has 0 bridgehead atoms. The molecule has 0 amide bonds. The molecule has 8 heteroatoms. The Balaban J connectivity index is 3.01. The van der Waals surface area contributed by atoms with Gasteiger partial charge in [-0.25, -0.2) is 0 Å². The monoisotopic (exact) mass is 291 g/mol. The molecule has 1 unspecified atom stereocenters. The van der Waals surface area contributed by atoms with E-state index in [0.717, 1.165) is 6.21 Å². The second-order valence-electron chi connectivity index (χ2n) is 3.75. The summed E-state index contributed by atoms with van der Waals surface area (Å²) < 4.78 is 9.71. The maximum atomic E-state index is 11.4. The van der Waals surface area contributed by atoms with Gasteiger partial charge in [0, 0.05) is 12.3 Å². The molecule has 0 aliphatic carbocycles.